The average Bonchev–Trinajstić information content (AvgIpc) is 2.52. The maximum Gasteiger partial charge on any atom is 0.408 e. The van der Waals surface area contributed by atoms with Crippen molar-refractivity contribution >= 4 is 12.1 Å². The number of nitrogens with one attached hydrogen (secondary N) is 1. The van der Waals surface area contributed by atoms with Crippen LogP contribution in [0.3, 0.4) is 0 Å². The molecule has 1 aliphatic carbocycles. The summed E-state index contributed by atoms with van der Waals surface area (Å²) in [5.74, 6) is -1.00. The summed E-state index contributed by atoms with van der Waals surface area (Å²) in [7, 11) is 0. The topological polar surface area (TPSA) is 75.6 Å². The van der Waals surface area contributed by atoms with E-state index in [1.165, 1.54) is 6.08 Å². The number of carbonyl (C=O) groups excluding carboxylic acids is 1. The Morgan fingerprint density at radius 1 is 1.47 bits per heavy atom. The zero-order valence-electron chi connectivity index (χ0n) is 10.3. The van der Waals surface area contributed by atoms with Crippen LogP contribution in [0.1, 0.15) is 33.1 Å². The second kappa shape index (κ2) is 4.77. The molecule has 1 aliphatic rings. The molecule has 1 unspecified atom stereocenters. The smallest absolute Gasteiger partial charge is 0.408 e. The molecule has 1 rings (SSSR count). The van der Waals surface area contributed by atoms with Crippen LogP contribution in [0, 0.1) is 5.41 Å². The lowest BCUT2D eigenvalue weighted by molar-refractivity contribution is -0.148. The number of aliphatic carboxylic acids is 1. The van der Waals surface area contributed by atoms with E-state index >= 15 is 0 Å². The van der Waals surface area contributed by atoms with E-state index < -0.39 is 23.0 Å². The van der Waals surface area contributed by atoms with Crippen molar-refractivity contribution in [1.82, 2.24) is 5.32 Å². The van der Waals surface area contributed by atoms with E-state index in [2.05, 4.69) is 11.9 Å². The van der Waals surface area contributed by atoms with Crippen LogP contribution in [0.2, 0.25) is 0 Å². The highest BCUT2D eigenvalue weighted by Crippen LogP contribution is 2.46. The average molecular weight is 241 g/mol. The van der Waals surface area contributed by atoms with Gasteiger partial charge in [-0.25, -0.2) is 9.59 Å². The van der Waals surface area contributed by atoms with Crippen molar-refractivity contribution in [3.63, 3.8) is 0 Å². The summed E-state index contributed by atoms with van der Waals surface area (Å²) in [6.45, 7) is 7.19. The van der Waals surface area contributed by atoms with Gasteiger partial charge in [0.15, 0.2) is 0 Å². The fourth-order valence-corrected chi connectivity index (χ4v) is 2.37. The van der Waals surface area contributed by atoms with Crippen molar-refractivity contribution in [3.05, 3.63) is 12.7 Å². The highest BCUT2D eigenvalue weighted by atomic mass is 16.5. The Morgan fingerprint density at radius 2 is 2.12 bits per heavy atom. The minimum absolute atomic E-state index is 0.0714. The molecule has 17 heavy (non-hydrogen) atoms. The Hall–Kier alpha value is -1.52. The second-order valence-electron chi connectivity index (χ2n) is 4.96. The summed E-state index contributed by atoms with van der Waals surface area (Å²) in [6.07, 6.45) is 2.70. The van der Waals surface area contributed by atoms with Gasteiger partial charge in [0.05, 0.1) is 0 Å². The number of carboxylic acids is 1. The molecule has 1 saturated carbocycles. The van der Waals surface area contributed by atoms with Gasteiger partial charge in [0, 0.05) is 0 Å². The predicted octanol–water partition coefficient (Wildman–Crippen LogP) is 1.93. The summed E-state index contributed by atoms with van der Waals surface area (Å²) in [5, 5.41) is 11.9. The molecule has 0 heterocycles. The molecule has 5 nitrogen and oxygen atoms in total. The van der Waals surface area contributed by atoms with Gasteiger partial charge in [-0.2, -0.15) is 0 Å². The van der Waals surface area contributed by atoms with E-state index in [1.807, 2.05) is 13.8 Å². The van der Waals surface area contributed by atoms with Crippen LogP contribution in [-0.2, 0) is 9.53 Å². The molecule has 5 heteroatoms. The second-order valence-corrected chi connectivity index (χ2v) is 4.96. The highest BCUT2D eigenvalue weighted by molar-refractivity contribution is 5.85. The van der Waals surface area contributed by atoms with Crippen molar-refractivity contribution in [2.24, 2.45) is 5.41 Å². The zero-order chi connectivity index (χ0) is 13.1. The van der Waals surface area contributed by atoms with E-state index in [4.69, 9.17) is 4.74 Å². The van der Waals surface area contributed by atoms with Gasteiger partial charge in [0.2, 0.25) is 0 Å². The minimum Gasteiger partial charge on any atom is -0.479 e. The zero-order valence-corrected chi connectivity index (χ0v) is 10.3. The molecule has 1 amide bonds. The van der Waals surface area contributed by atoms with Gasteiger partial charge in [-0.15, -0.1) is 0 Å². The van der Waals surface area contributed by atoms with Gasteiger partial charge in [-0.3, -0.25) is 0 Å². The van der Waals surface area contributed by atoms with Crippen molar-refractivity contribution in [2.75, 3.05) is 6.61 Å². The number of alkyl carbamates (subject to hydrolysis) is 1. The lowest BCUT2D eigenvalue weighted by atomic mass is 9.75. The normalized spacial score (nSPS) is 26.2. The van der Waals surface area contributed by atoms with Crippen LogP contribution < -0.4 is 5.32 Å². The number of carbonyl (C=O) groups is 2. The SMILES string of the molecule is C=CCOC(=O)NC1(C(=O)O)CCCC1(C)C. The molecule has 96 valence electrons. The third kappa shape index (κ3) is 2.43. The summed E-state index contributed by atoms with van der Waals surface area (Å²) >= 11 is 0. The van der Waals surface area contributed by atoms with E-state index in [1.54, 1.807) is 0 Å². The number of carboxylic acid groups (broad SMARTS) is 1. The lowest BCUT2D eigenvalue weighted by Gasteiger charge is -2.37. The standard InChI is InChI=1S/C12H19NO4/c1-4-8-17-10(16)13-12(9(14)15)7-5-6-11(12,2)3/h4H,1,5-8H2,2-3H3,(H,13,16)(H,14,15). The van der Waals surface area contributed by atoms with Crippen molar-refractivity contribution in [3.8, 4) is 0 Å². The molecule has 0 aliphatic heterocycles. The molecule has 0 saturated heterocycles. The number of ether oxygens (including phenoxy) is 1. The van der Waals surface area contributed by atoms with Gasteiger partial charge in [-0.1, -0.05) is 26.5 Å². The number of amides is 1. The van der Waals surface area contributed by atoms with Crippen LogP contribution in [0.5, 0.6) is 0 Å². The number of hydrogen-bond acceptors (Lipinski definition) is 3. The number of rotatable bonds is 4. The third-order valence-corrected chi connectivity index (χ3v) is 3.52. The van der Waals surface area contributed by atoms with Gasteiger partial charge >= 0.3 is 12.1 Å². The fraction of sp³-hybridized carbons (Fsp3) is 0.667. The van der Waals surface area contributed by atoms with Crippen molar-refractivity contribution in [2.45, 2.75) is 38.6 Å². The fourth-order valence-electron chi connectivity index (χ4n) is 2.37. The summed E-state index contributed by atoms with van der Waals surface area (Å²) in [5.41, 5.74) is -1.71. The van der Waals surface area contributed by atoms with Gasteiger partial charge in [0.1, 0.15) is 12.1 Å². The van der Waals surface area contributed by atoms with Gasteiger partial charge in [-0.05, 0) is 24.7 Å². The van der Waals surface area contributed by atoms with E-state index in [9.17, 15) is 14.7 Å². The minimum atomic E-state index is -1.23. The Kier molecular flexibility index (Phi) is 3.80. The van der Waals surface area contributed by atoms with Crippen LogP contribution in [0.15, 0.2) is 12.7 Å². The highest BCUT2D eigenvalue weighted by Gasteiger charge is 2.55. The molecular weight excluding hydrogens is 222 g/mol. The first-order valence-electron chi connectivity index (χ1n) is 5.65. The van der Waals surface area contributed by atoms with Crippen molar-refractivity contribution < 1.29 is 19.4 Å². The summed E-state index contributed by atoms with van der Waals surface area (Å²) < 4.78 is 4.79. The lowest BCUT2D eigenvalue weighted by Crippen LogP contribution is -2.60. The maximum absolute atomic E-state index is 11.5. The molecule has 0 bridgehead atoms. The molecular formula is C12H19NO4. The van der Waals surface area contributed by atoms with Crippen molar-refractivity contribution in [1.29, 1.82) is 0 Å². The summed E-state index contributed by atoms with van der Waals surface area (Å²) in [6, 6.07) is 0. The molecule has 0 aromatic heterocycles. The van der Waals surface area contributed by atoms with E-state index in [0.29, 0.717) is 6.42 Å². The Bertz CT molecular complexity index is 337. The Morgan fingerprint density at radius 3 is 2.53 bits per heavy atom. The third-order valence-electron chi connectivity index (χ3n) is 3.52. The quantitative estimate of drug-likeness (QED) is 0.737. The first kappa shape index (κ1) is 13.5. The predicted molar refractivity (Wildman–Crippen MR) is 62.7 cm³/mol. The van der Waals surface area contributed by atoms with Crippen LogP contribution in [0.4, 0.5) is 4.79 Å². The Labute approximate surface area is 101 Å². The van der Waals surface area contributed by atoms with Gasteiger partial charge < -0.3 is 15.2 Å². The van der Waals surface area contributed by atoms with E-state index in [0.717, 1.165) is 12.8 Å². The first-order chi connectivity index (χ1) is 7.85. The van der Waals surface area contributed by atoms with E-state index in [-0.39, 0.29) is 6.61 Å². The maximum atomic E-state index is 11.5. The molecule has 1 atom stereocenters. The molecule has 1 fully saturated rings. The molecule has 2 N–H and O–H groups in total. The first-order valence-corrected chi connectivity index (χ1v) is 5.65. The number of hydrogen-bond donors (Lipinski definition) is 2. The van der Waals surface area contributed by atoms with Crippen LogP contribution in [0.25, 0.3) is 0 Å². The molecule has 0 aromatic rings. The van der Waals surface area contributed by atoms with Crippen LogP contribution >= 0.6 is 0 Å². The molecule has 0 aromatic carbocycles. The molecule has 0 radical (unpaired) electrons. The molecule has 0 spiro atoms. The Balaban J connectivity index is 2.83. The monoisotopic (exact) mass is 241 g/mol. The largest absolute Gasteiger partial charge is 0.479 e. The van der Waals surface area contributed by atoms with Gasteiger partial charge in [0.25, 0.3) is 0 Å². The summed E-state index contributed by atoms with van der Waals surface area (Å²) in [4.78, 5) is 23.0. The van der Waals surface area contributed by atoms with Crippen LogP contribution in [-0.4, -0.2) is 29.3 Å².